The third-order valence-electron chi connectivity index (χ3n) is 3.59. The molecule has 1 amide bonds. The summed E-state index contributed by atoms with van der Waals surface area (Å²) in [4.78, 5) is 14.1. The molecular weight excluding hydrogens is 265 g/mol. The maximum absolute atomic E-state index is 13.6. The van der Waals surface area contributed by atoms with Crippen LogP contribution in [-0.4, -0.2) is 35.1 Å². The minimum atomic E-state index is -0.820. The first kappa shape index (κ1) is 14.3. The van der Waals surface area contributed by atoms with E-state index in [-0.39, 0.29) is 12.1 Å². The molecule has 0 bridgehead atoms. The summed E-state index contributed by atoms with van der Waals surface area (Å²) in [6, 6.07) is 4.14. The molecule has 1 aliphatic carbocycles. The van der Waals surface area contributed by atoms with E-state index in [1.165, 1.54) is 23.1 Å². The van der Waals surface area contributed by atoms with Crippen molar-refractivity contribution in [1.82, 2.24) is 4.90 Å². The van der Waals surface area contributed by atoms with Crippen LogP contribution in [0.15, 0.2) is 23.1 Å². The molecule has 0 saturated heterocycles. The van der Waals surface area contributed by atoms with E-state index < -0.39 is 17.3 Å². The molecule has 1 aromatic rings. The fourth-order valence-corrected chi connectivity index (χ4v) is 2.79. The number of nitrogens with zero attached hydrogens (tertiary/aromatic N) is 1. The van der Waals surface area contributed by atoms with Crippen LogP contribution in [0.3, 0.4) is 0 Å². The van der Waals surface area contributed by atoms with Gasteiger partial charge >= 0.3 is 0 Å². The second kappa shape index (κ2) is 5.51. The van der Waals surface area contributed by atoms with Crippen molar-refractivity contribution in [2.45, 2.75) is 36.2 Å². The topological polar surface area (TPSA) is 40.5 Å². The van der Waals surface area contributed by atoms with E-state index in [2.05, 4.69) is 12.6 Å². The van der Waals surface area contributed by atoms with Gasteiger partial charge in [-0.1, -0.05) is 12.8 Å². The number of carbonyl (C=O) groups is 1. The van der Waals surface area contributed by atoms with Crippen LogP contribution >= 0.6 is 12.6 Å². The highest BCUT2D eigenvalue weighted by atomic mass is 32.1. The van der Waals surface area contributed by atoms with Gasteiger partial charge in [-0.15, -0.1) is 12.6 Å². The molecule has 1 N–H and O–H groups in total. The Balaban J connectivity index is 2.12. The number of aliphatic hydroxyl groups is 1. The molecule has 19 heavy (non-hydrogen) atoms. The van der Waals surface area contributed by atoms with Crippen molar-refractivity contribution in [1.29, 1.82) is 0 Å². The lowest BCUT2D eigenvalue weighted by Gasteiger charge is -2.28. The minimum Gasteiger partial charge on any atom is -0.388 e. The van der Waals surface area contributed by atoms with Crippen molar-refractivity contribution in [2.75, 3.05) is 13.6 Å². The second-order valence-electron chi connectivity index (χ2n) is 5.26. The van der Waals surface area contributed by atoms with Crippen molar-refractivity contribution in [3.63, 3.8) is 0 Å². The van der Waals surface area contributed by atoms with E-state index in [4.69, 9.17) is 0 Å². The van der Waals surface area contributed by atoms with Gasteiger partial charge in [0.05, 0.1) is 11.2 Å². The summed E-state index contributed by atoms with van der Waals surface area (Å²) in [6.45, 7) is 0.238. The van der Waals surface area contributed by atoms with Crippen molar-refractivity contribution in [3.8, 4) is 0 Å². The van der Waals surface area contributed by atoms with Crippen LogP contribution < -0.4 is 0 Å². The Labute approximate surface area is 117 Å². The first-order chi connectivity index (χ1) is 8.91. The number of thiol groups is 1. The molecule has 1 aliphatic rings. The first-order valence-electron chi connectivity index (χ1n) is 6.38. The first-order valence-corrected chi connectivity index (χ1v) is 6.82. The summed E-state index contributed by atoms with van der Waals surface area (Å²) < 4.78 is 13.6. The molecule has 1 saturated carbocycles. The van der Waals surface area contributed by atoms with E-state index in [1.807, 2.05) is 0 Å². The molecule has 0 unspecified atom stereocenters. The van der Waals surface area contributed by atoms with Gasteiger partial charge in [0.15, 0.2) is 0 Å². The summed E-state index contributed by atoms with van der Waals surface area (Å²) in [5.74, 6) is -0.984. The molecule has 0 spiro atoms. The second-order valence-corrected chi connectivity index (χ2v) is 5.77. The number of hydrogen-bond acceptors (Lipinski definition) is 3. The largest absolute Gasteiger partial charge is 0.388 e. The number of hydrogen-bond donors (Lipinski definition) is 2. The Morgan fingerprint density at radius 3 is 2.74 bits per heavy atom. The molecule has 0 aliphatic heterocycles. The normalized spacial score (nSPS) is 17.5. The lowest BCUT2D eigenvalue weighted by Crippen LogP contribution is -2.42. The number of halogens is 1. The number of amides is 1. The number of likely N-dealkylation sites (N-methyl/N-ethyl adjacent to an activating group) is 1. The van der Waals surface area contributed by atoms with Crippen LogP contribution in [-0.2, 0) is 0 Å². The van der Waals surface area contributed by atoms with Gasteiger partial charge in [-0.05, 0) is 31.0 Å². The fraction of sp³-hybridized carbons (Fsp3) is 0.500. The van der Waals surface area contributed by atoms with Gasteiger partial charge in [-0.25, -0.2) is 4.39 Å². The van der Waals surface area contributed by atoms with Crippen molar-refractivity contribution in [2.24, 2.45) is 0 Å². The fourth-order valence-electron chi connectivity index (χ4n) is 2.59. The zero-order valence-electron chi connectivity index (χ0n) is 10.9. The van der Waals surface area contributed by atoms with Gasteiger partial charge in [0, 0.05) is 18.5 Å². The molecule has 1 aromatic carbocycles. The van der Waals surface area contributed by atoms with Gasteiger partial charge in [0.25, 0.3) is 5.91 Å². The predicted octanol–water partition coefficient (Wildman–Crippen LogP) is 2.49. The highest BCUT2D eigenvalue weighted by Crippen LogP contribution is 2.30. The lowest BCUT2D eigenvalue weighted by molar-refractivity contribution is 0.0155. The van der Waals surface area contributed by atoms with Crippen LogP contribution in [0.5, 0.6) is 0 Å². The summed E-state index contributed by atoms with van der Waals surface area (Å²) in [5, 5.41) is 10.3. The van der Waals surface area contributed by atoms with Crippen LogP contribution in [0.25, 0.3) is 0 Å². The molecule has 5 heteroatoms. The molecule has 0 atom stereocenters. The molecular formula is C14H18FNO2S. The third-order valence-corrected chi connectivity index (χ3v) is 3.87. The SMILES string of the molecule is CN(CC1(O)CCCC1)C(=O)c1cc(S)ccc1F. The Bertz CT molecular complexity index is 486. The quantitative estimate of drug-likeness (QED) is 0.837. The Hall–Kier alpha value is -1.07. The number of rotatable bonds is 3. The lowest BCUT2D eigenvalue weighted by atomic mass is 10.0. The van der Waals surface area contributed by atoms with Crippen LogP contribution in [0.4, 0.5) is 4.39 Å². The average molecular weight is 283 g/mol. The van der Waals surface area contributed by atoms with Crippen LogP contribution in [0, 0.1) is 5.82 Å². The predicted molar refractivity (Wildman–Crippen MR) is 74.0 cm³/mol. The van der Waals surface area contributed by atoms with Crippen LogP contribution in [0.2, 0.25) is 0 Å². The van der Waals surface area contributed by atoms with E-state index in [0.29, 0.717) is 17.7 Å². The molecule has 2 rings (SSSR count). The number of benzene rings is 1. The smallest absolute Gasteiger partial charge is 0.256 e. The molecule has 104 valence electrons. The number of carbonyl (C=O) groups excluding carboxylic acids is 1. The van der Waals surface area contributed by atoms with E-state index in [0.717, 1.165) is 12.8 Å². The monoisotopic (exact) mass is 283 g/mol. The van der Waals surface area contributed by atoms with Gasteiger partial charge in [0.1, 0.15) is 5.82 Å². The molecule has 0 radical (unpaired) electrons. The minimum absolute atomic E-state index is 0.00315. The van der Waals surface area contributed by atoms with Crippen molar-refractivity contribution >= 4 is 18.5 Å². The highest BCUT2D eigenvalue weighted by molar-refractivity contribution is 7.80. The maximum atomic E-state index is 13.6. The van der Waals surface area contributed by atoms with E-state index >= 15 is 0 Å². The Kier molecular flexibility index (Phi) is 4.16. The van der Waals surface area contributed by atoms with Gasteiger partial charge in [0.2, 0.25) is 0 Å². The highest BCUT2D eigenvalue weighted by Gasteiger charge is 2.33. The van der Waals surface area contributed by atoms with Crippen molar-refractivity contribution in [3.05, 3.63) is 29.6 Å². The molecule has 3 nitrogen and oxygen atoms in total. The Morgan fingerprint density at radius 2 is 2.11 bits per heavy atom. The summed E-state index contributed by atoms with van der Waals surface area (Å²) >= 11 is 4.11. The standard InChI is InChI=1S/C14H18FNO2S/c1-16(9-14(18)6-2-3-7-14)13(17)11-8-10(19)4-5-12(11)15/h4-5,8,18-19H,2-3,6-7,9H2,1H3. The molecule has 0 aromatic heterocycles. The van der Waals surface area contributed by atoms with Gasteiger partial charge in [-0.3, -0.25) is 4.79 Å². The summed E-state index contributed by atoms with van der Waals surface area (Å²) in [6.07, 6.45) is 3.33. The van der Waals surface area contributed by atoms with Gasteiger partial charge < -0.3 is 10.0 Å². The van der Waals surface area contributed by atoms with E-state index in [9.17, 15) is 14.3 Å². The van der Waals surface area contributed by atoms with E-state index in [1.54, 1.807) is 7.05 Å². The summed E-state index contributed by atoms with van der Waals surface area (Å²) in [7, 11) is 1.59. The Morgan fingerprint density at radius 1 is 1.47 bits per heavy atom. The molecule has 1 fully saturated rings. The summed E-state index contributed by atoms with van der Waals surface area (Å²) in [5.41, 5.74) is -0.823. The zero-order chi connectivity index (χ0) is 14.0. The third kappa shape index (κ3) is 3.28. The van der Waals surface area contributed by atoms with Crippen LogP contribution in [0.1, 0.15) is 36.0 Å². The zero-order valence-corrected chi connectivity index (χ0v) is 11.8. The van der Waals surface area contributed by atoms with Crippen molar-refractivity contribution < 1.29 is 14.3 Å². The van der Waals surface area contributed by atoms with Gasteiger partial charge in [-0.2, -0.15) is 0 Å². The average Bonchev–Trinajstić information content (AvgIpc) is 2.78. The molecule has 0 heterocycles. The maximum Gasteiger partial charge on any atom is 0.256 e.